The number of Topliss-reactive ketones (excluding diaryl/α,β-unsaturated/α-hetero) is 1. The fraction of sp³-hybridized carbons (Fsp3) is 0.357. The summed E-state index contributed by atoms with van der Waals surface area (Å²) in [6, 6.07) is 0.0623. The van der Waals surface area contributed by atoms with Gasteiger partial charge in [-0.05, 0) is 19.4 Å². The van der Waals surface area contributed by atoms with Crippen LogP contribution in [0.5, 0.6) is 0 Å². The van der Waals surface area contributed by atoms with Crippen molar-refractivity contribution in [2.75, 3.05) is 6.61 Å². The maximum absolute atomic E-state index is 13.5. The van der Waals surface area contributed by atoms with Crippen LogP contribution >= 0.6 is 0 Å². The Morgan fingerprint density at radius 2 is 1.70 bits per heavy atom. The molecule has 0 radical (unpaired) electrons. The molecule has 6 heteroatoms. The lowest BCUT2D eigenvalue weighted by Crippen LogP contribution is -2.11. The van der Waals surface area contributed by atoms with Crippen LogP contribution in [0.3, 0.4) is 0 Å². The molecule has 110 valence electrons. The standard InChI is InChI=1S/C14H14F4O2/c1-3-5-8(20-4-2)6-11(19)12-13(17)9(15)7-10(16)14(12)18/h5,7H,3-4,6H2,1-2H3/b8-5+. The Labute approximate surface area is 114 Å². The minimum atomic E-state index is -1.69. The third-order valence-electron chi connectivity index (χ3n) is 2.49. The molecule has 0 spiro atoms. The van der Waals surface area contributed by atoms with Crippen molar-refractivity contribution >= 4 is 5.78 Å². The van der Waals surface area contributed by atoms with Crippen molar-refractivity contribution < 1.29 is 27.1 Å². The summed E-state index contributed by atoms with van der Waals surface area (Å²) in [4.78, 5) is 11.8. The van der Waals surface area contributed by atoms with Gasteiger partial charge in [0.15, 0.2) is 29.1 Å². The molecule has 0 bridgehead atoms. The van der Waals surface area contributed by atoms with Gasteiger partial charge in [0.1, 0.15) is 0 Å². The van der Waals surface area contributed by atoms with Gasteiger partial charge < -0.3 is 4.74 Å². The highest BCUT2D eigenvalue weighted by Gasteiger charge is 2.25. The molecule has 0 saturated carbocycles. The van der Waals surface area contributed by atoms with E-state index in [0.29, 0.717) is 6.42 Å². The molecular weight excluding hydrogens is 276 g/mol. The fourth-order valence-corrected chi connectivity index (χ4v) is 1.66. The Kier molecular flexibility index (Phi) is 5.73. The van der Waals surface area contributed by atoms with Crippen molar-refractivity contribution in [1.29, 1.82) is 0 Å². The monoisotopic (exact) mass is 290 g/mol. The van der Waals surface area contributed by atoms with Crippen LogP contribution in [0, 0.1) is 23.3 Å². The van der Waals surface area contributed by atoms with Crippen molar-refractivity contribution in [3.8, 4) is 0 Å². The predicted octanol–water partition coefficient (Wildman–Crippen LogP) is 4.15. The molecule has 20 heavy (non-hydrogen) atoms. The molecule has 0 atom stereocenters. The lowest BCUT2D eigenvalue weighted by atomic mass is 10.0. The van der Waals surface area contributed by atoms with Crippen LogP contribution in [-0.4, -0.2) is 12.4 Å². The number of benzene rings is 1. The third-order valence-corrected chi connectivity index (χ3v) is 2.49. The smallest absolute Gasteiger partial charge is 0.176 e. The molecule has 1 rings (SSSR count). The second-order valence-electron chi connectivity index (χ2n) is 3.95. The minimum absolute atomic E-state index is 0.0623. The third kappa shape index (κ3) is 3.59. The maximum atomic E-state index is 13.5. The lowest BCUT2D eigenvalue weighted by molar-refractivity contribution is 0.0953. The maximum Gasteiger partial charge on any atom is 0.176 e. The normalized spacial score (nSPS) is 11.6. The minimum Gasteiger partial charge on any atom is -0.498 e. The van der Waals surface area contributed by atoms with Crippen molar-refractivity contribution in [3.63, 3.8) is 0 Å². The summed E-state index contributed by atoms with van der Waals surface area (Å²) < 4.78 is 58.1. The van der Waals surface area contributed by atoms with Gasteiger partial charge in [-0.15, -0.1) is 0 Å². The van der Waals surface area contributed by atoms with E-state index in [1.54, 1.807) is 19.9 Å². The summed E-state index contributed by atoms with van der Waals surface area (Å²) in [5, 5.41) is 0. The first-order valence-corrected chi connectivity index (χ1v) is 6.10. The molecule has 0 aliphatic heterocycles. The van der Waals surface area contributed by atoms with E-state index in [9.17, 15) is 22.4 Å². The summed E-state index contributed by atoms with van der Waals surface area (Å²) >= 11 is 0. The van der Waals surface area contributed by atoms with Crippen LogP contribution in [-0.2, 0) is 4.74 Å². The van der Waals surface area contributed by atoms with Crippen LogP contribution in [0.4, 0.5) is 17.6 Å². The van der Waals surface area contributed by atoms with Crippen LogP contribution in [0.2, 0.25) is 0 Å². The summed E-state index contributed by atoms with van der Waals surface area (Å²) in [5.41, 5.74) is -1.22. The van der Waals surface area contributed by atoms with Crippen molar-refractivity contribution in [2.24, 2.45) is 0 Å². The molecule has 0 N–H and O–H groups in total. The van der Waals surface area contributed by atoms with Gasteiger partial charge in [-0.3, -0.25) is 4.79 Å². The molecule has 0 aliphatic rings. The predicted molar refractivity (Wildman–Crippen MR) is 65.2 cm³/mol. The SMILES string of the molecule is CC/C=C(\CC(=O)c1c(F)c(F)cc(F)c1F)OCC. The van der Waals surface area contributed by atoms with E-state index >= 15 is 0 Å². The molecule has 1 aromatic rings. The Morgan fingerprint density at radius 3 is 2.15 bits per heavy atom. The van der Waals surface area contributed by atoms with Crippen LogP contribution in [0.25, 0.3) is 0 Å². The van der Waals surface area contributed by atoms with E-state index < -0.39 is 41.0 Å². The molecule has 0 saturated heterocycles. The molecular formula is C14H14F4O2. The quantitative estimate of drug-likeness (QED) is 0.340. The molecule has 0 aromatic heterocycles. The van der Waals surface area contributed by atoms with Crippen molar-refractivity contribution in [2.45, 2.75) is 26.7 Å². The van der Waals surface area contributed by atoms with Crippen LogP contribution < -0.4 is 0 Å². The van der Waals surface area contributed by atoms with Gasteiger partial charge in [0.05, 0.1) is 24.4 Å². The van der Waals surface area contributed by atoms with E-state index in [0.717, 1.165) is 0 Å². The summed E-state index contributed by atoms with van der Waals surface area (Å²) in [5.74, 6) is -7.47. The highest BCUT2D eigenvalue weighted by Crippen LogP contribution is 2.22. The topological polar surface area (TPSA) is 26.3 Å². The van der Waals surface area contributed by atoms with Gasteiger partial charge in [-0.1, -0.05) is 6.92 Å². The van der Waals surface area contributed by atoms with Crippen molar-refractivity contribution in [1.82, 2.24) is 0 Å². The number of halogens is 4. The molecule has 1 aromatic carbocycles. The molecule has 2 nitrogen and oxygen atoms in total. The molecule has 0 heterocycles. The zero-order chi connectivity index (χ0) is 15.3. The number of rotatable bonds is 6. The molecule has 0 aliphatic carbocycles. The van der Waals surface area contributed by atoms with Gasteiger partial charge in [0.25, 0.3) is 0 Å². The fourth-order valence-electron chi connectivity index (χ4n) is 1.66. The van der Waals surface area contributed by atoms with E-state index in [2.05, 4.69) is 0 Å². The van der Waals surface area contributed by atoms with Crippen LogP contribution in [0.1, 0.15) is 37.0 Å². The summed E-state index contributed by atoms with van der Waals surface area (Å²) in [6.45, 7) is 3.73. The molecule has 0 amide bonds. The first-order valence-electron chi connectivity index (χ1n) is 6.10. The number of hydrogen-bond donors (Lipinski definition) is 0. The molecule has 0 fully saturated rings. The van der Waals surface area contributed by atoms with E-state index in [4.69, 9.17) is 4.74 Å². The zero-order valence-electron chi connectivity index (χ0n) is 11.1. The van der Waals surface area contributed by atoms with E-state index in [1.165, 1.54) is 0 Å². The molecule has 0 unspecified atom stereocenters. The second-order valence-corrected chi connectivity index (χ2v) is 3.95. The van der Waals surface area contributed by atoms with E-state index in [-0.39, 0.29) is 18.4 Å². The number of carbonyl (C=O) groups excluding carboxylic acids is 1. The summed E-state index contributed by atoms with van der Waals surface area (Å²) in [7, 11) is 0. The number of allylic oxidation sites excluding steroid dienone is 2. The highest BCUT2D eigenvalue weighted by molar-refractivity contribution is 5.97. The van der Waals surface area contributed by atoms with Gasteiger partial charge in [-0.25, -0.2) is 17.6 Å². The summed E-state index contributed by atoms with van der Waals surface area (Å²) in [6.07, 6.45) is 1.65. The van der Waals surface area contributed by atoms with Crippen molar-refractivity contribution in [3.05, 3.63) is 46.7 Å². The van der Waals surface area contributed by atoms with E-state index in [1.807, 2.05) is 0 Å². The first kappa shape index (κ1) is 16.2. The Hall–Kier alpha value is -1.85. The average molecular weight is 290 g/mol. The second kappa shape index (κ2) is 7.07. The van der Waals surface area contributed by atoms with Gasteiger partial charge in [-0.2, -0.15) is 0 Å². The number of carbonyl (C=O) groups is 1. The Morgan fingerprint density at radius 1 is 1.15 bits per heavy atom. The van der Waals surface area contributed by atoms with Gasteiger partial charge in [0.2, 0.25) is 0 Å². The largest absolute Gasteiger partial charge is 0.498 e. The highest BCUT2D eigenvalue weighted by atomic mass is 19.2. The first-order chi connectivity index (χ1) is 9.42. The number of ketones is 1. The number of hydrogen-bond acceptors (Lipinski definition) is 2. The average Bonchev–Trinajstić information content (AvgIpc) is 2.37. The Bertz CT molecular complexity index is 512. The van der Waals surface area contributed by atoms with Gasteiger partial charge in [0, 0.05) is 6.07 Å². The lowest BCUT2D eigenvalue weighted by Gasteiger charge is -2.09. The number of ether oxygens (including phenoxy) is 1. The Balaban J connectivity index is 3.12. The zero-order valence-corrected chi connectivity index (χ0v) is 11.1. The van der Waals surface area contributed by atoms with Crippen LogP contribution in [0.15, 0.2) is 17.9 Å². The van der Waals surface area contributed by atoms with Gasteiger partial charge >= 0.3 is 0 Å².